The number of piperidine rings is 1. The molecule has 164 valence electrons. The number of ether oxygens (including phenoxy) is 1. The van der Waals surface area contributed by atoms with E-state index in [-0.39, 0.29) is 17.5 Å². The smallest absolute Gasteiger partial charge is 0.317 e. The third kappa shape index (κ3) is 3.95. The van der Waals surface area contributed by atoms with E-state index >= 15 is 0 Å². The summed E-state index contributed by atoms with van der Waals surface area (Å²) in [6, 6.07) is 12.0. The van der Waals surface area contributed by atoms with Crippen molar-refractivity contribution in [1.82, 2.24) is 14.8 Å². The van der Waals surface area contributed by atoms with Crippen molar-refractivity contribution >= 4 is 6.03 Å². The van der Waals surface area contributed by atoms with Crippen LogP contribution in [0.3, 0.4) is 0 Å². The molecule has 3 aliphatic rings. The van der Waals surface area contributed by atoms with Gasteiger partial charge in [0, 0.05) is 48.9 Å². The summed E-state index contributed by atoms with van der Waals surface area (Å²) in [6.07, 6.45) is 6.90. The largest absolute Gasteiger partial charge is 0.497 e. The van der Waals surface area contributed by atoms with Crippen molar-refractivity contribution in [3.63, 3.8) is 0 Å². The first-order valence-corrected chi connectivity index (χ1v) is 11.6. The van der Waals surface area contributed by atoms with Gasteiger partial charge >= 0.3 is 6.03 Å². The van der Waals surface area contributed by atoms with Gasteiger partial charge in [-0.25, -0.2) is 4.79 Å². The fraction of sp³-hybridized carbons (Fsp3) is 0.520. The number of benzene rings is 1. The molecule has 1 aliphatic carbocycles. The van der Waals surface area contributed by atoms with Crippen molar-refractivity contribution in [3.05, 3.63) is 52.4 Å². The van der Waals surface area contributed by atoms with Crippen LogP contribution in [-0.2, 0) is 6.54 Å². The Labute approximate surface area is 183 Å². The van der Waals surface area contributed by atoms with Gasteiger partial charge in [-0.2, -0.15) is 0 Å². The first kappa shape index (κ1) is 20.2. The van der Waals surface area contributed by atoms with Crippen LogP contribution in [-0.4, -0.2) is 41.7 Å². The summed E-state index contributed by atoms with van der Waals surface area (Å²) in [5.41, 5.74) is 3.29. The van der Waals surface area contributed by atoms with Crippen molar-refractivity contribution in [2.45, 2.75) is 57.0 Å². The molecule has 0 unspecified atom stereocenters. The third-order valence-electron chi connectivity index (χ3n) is 7.21. The first-order valence-electron chi connectivity index (χ1n) is 11.6. The Morgan fingerprint density at radius 2 is 1.77 bits per heavy atom. The van der Waals surface area contributed by atoms with Gasteiger partial charge in [0.05, 0.1) is 7.11 Å². The van der Waals surface area contributed by atoms with E-state index in [0.29, 0.717) is 25.0 Å². The van der Waals surface area contributed by atoms with Gasteiger partial charge < -0.3 is 19.5 Å². The zero-order valence-corrected chi connectivity index (χ0v) is 18.2. The predicted molar refractivity (Wildman–Crippen MR) is 121 cm³/mol. The molecule has 6 heteroatoms. The van der Waals surface area contributed by atoms with E-state index in [1.807, 2.05) is 39.8 Å². The minimum atomic E-state index is 0.0575. The quantitative estimate of drug-likeness (QED) is 0.815. The average molecular weight is 422 g/mol. The van der Waals surface area contributed by atoms with E-state index in [2.05, 4.69) is 5.32 Å². The molecule has 2 bridgehead atoms. The zero-order valence-electron chi connectivity index (χ0n) is 18.2. The number of rotatable bonds is 3. The van der Waals surface area contributed by atoms with Gasteiger partial charge in [-0.3, -0.25) is 4.79 Å². The normalized spacial score (nSPS) is 23.2. The molecule has 1 aromatic carbocycles. The lowest BCUT2D eigenvalue weighted by Gasteiger charge is -2.44. The van der Waals surface area contributed by atoms with Crippen LogP contribution in [0.5, 0.6) is 5.75 Å². The highest BCUT2D eigenvalue weighted by molar-refractivity contribution is 5.75. The summed E-state index contributed by atoms with van der Waals surface area (Å²) in [6.45, 7) is 2.08. The van der Waals surface area contributed by atoms with Crippen LogP contribution in [0, 0.1) is 5.92 Å². The number of methoxy groups -OCH3 is 1. The summed E-state index contributed by atoms with van der Waals surface area (Å²) >= 11 is 0. The molecule has 2 atom stereocenters. The molecule has 3 heterocycles. The van der Waals surface area contributed by atoms with Gasteiger partial charge in [0.15, 0.2) is 0 Å². The van der Waals surface area contributed by atoms with Crippen LogP contribution in [0.4, 0.5) is 4.79 Å². The number of carbonyl (C=O) groups is 1. The second kappa shape index (κ2) is 8.40. The van der Waals surface area contributed by atoms with Crippen LogP contribution in [0.15, 0.2) is 41.2 Å². The van der Waals surface area contributed by atoms with Crippen molar-refractivity contribution < 1.29 is 9.53 Å². The molecule has 5 rings (SSSR count). The third-order valence-corrected chi connectivity index (χ3v) is 7.21. The lowest BCUT2D eigenvalue weighted by atomic mass is 9.80. The maximum absolute atomic E-state index is 13.0. The van der Waals surface area contributed by atoms with Gasteiger partial charge in [-0.05, 0) is 48.9 Å². The second-order valence-electron chi connectivity index (χ2n) is 9.30. The predicted octanol–water partition coefficient (Wildman–Crippen LogP) is 3.99. The Balaban J connectivity index is 1.42. The van der Waals surface area contributed by atoms with Crippen LogP contribution in [0.25, 0.3) is 11.1 Å². The Kier molecular flexibility index (Phi) is 5.47. The fourth-order valence-electron chi connectivity index (χ4n) is 5.71. The molecule has 2 fully saturated rings. The van der Waals surface area contributed by atoms with Crippen molar-refractivity contribution in [1.29, 1.82) is 0 Å². The first-order chi connectivity index (χ1) is 15.1. The summed E-state index contributed by atoms with van der Waals surface area (Å²) in [5.74, 6) is 1.32. The lowest BCUT2D eigenvalue weighted by molar-refractivity contribution is 0.127. The van der Waals surface area contributed by atoms with Crippen molar-refractivity contribution in [2.24, 2.45) is 5.92 Å². The van der Waals surface area contributed by atoms with Crippen molar-refractivity contribution in [3.8, 4) is 16.9 Å². The number of carbonyl (C=O) groups excluding carboxylic acids is 1. The Morgan fingerprint density at radius 3 is 2.52 bits per heavy atom. The van der Waals surface area contributed by atoms with Crippen LogP contribution in [0.2, 0.25) is 0 Å². The summed E-state index contributed by atoms with van der Waals surface area (Å²) in [5, 5.41) is 3.28. The van der Waals surface area contributed by atoms with E-state index in [0.717, 1.165) is 48.4 Å². The lowest BCUT2D eigenvalue weighted by Crippen LogP contribution is -2.53. The van der Waals surface area contributed by atoms with Crippen LogP contribution in [0.1, 0.15) is 50.1 Å². The molecule has 2 amide bonds. The maximum atomic E-state index is 13.0. The standard InChI is InChI=1S/C25H31N3O3/c1-31-21-9-7-18(8-10-21)22-11-12-23(29)28-15-17-13-19(24(22)28)16-27(14-17)25(30)26-20-5-3-2-4-6-20/h7-12,17,19-20H,2-6,13-16H2,1H3,(H,26,30)/t17-,19+/m0/s1. The summed E-state index contributed by atoms with van der Waals surface area (Å²) in [7, 11) is 1.66. The van der Waals surface area contributed by atoms with E-state index in [1.54, 1.807) is 13.2 Å². The molecular formula is C25H31N3O3. The monoisotopic (exact) mass is 421 g/mol. The molecule has 1 saturated carbocycles. The van der Waals surface area contributed by atoms with Crippen LogP contribution >= 0.6 is 0 Å². The Bertz CT molecular complexity index is 1010. The number of nitrogens with zero attached hydrogens (tertiary/aromatic N) is 2. The van der Waals surface area contributed by atoms with E-state index in [9.17, 15) is 9.59 Å². The Morgan fingerprint density at radius 1 is 1.00 bits per heavy atom. The molecule has 0 radical (unpaired) electrons. The molecule has 1 aromatic heterocycles. The fourth-order valence-corrected chi connectivity index (χ4v) is 5.71. The minimum Gasteiger partial charge on any atom is -0.497 e. The topological polar surface area (TPSA) is 63.6 Å². The molecular weight excluding hydrogens is 390 g/mol. The SMILES string of the molecule is COc1ccc(-c2ccc(=O)n3c2[C@@H]2C[C@@H](CN(C(=O)NC4CCCCC4)C2)C3)cc1. The number of hydrogen-bond donors (Lipinski definition) is 1. The van der Waals surface area contributed by atoms with Gasteiger partial charge in [-0.1, -0.05) is 31.4 Å². The van der Waals surface area contributed by atoms with E-state index in [1.165, 1.54) is 19.3 Å². The maximum Gasteiger partial charge on any atom is 0.317 e. The van der Waals surface area contributed by atoms with Gasteiger partial charge in [0.2, 0.25) is 0 Å². The molecule has 2 aliphatic heterocycles. The van der Waals surface area contributed by atoms with E-state index in [4.69, 9.17) is 4.74 Å². The van der Waals surface area contributed by atoms with Gasteiger partial charge in [0.25, 0.3) is 5.56 Å². The summed E-state index contributed by atoms with van der Waals surface area (Å²) in [4.78, 5) is 27.7. The summed E-state index contributed by atoms with van der Waals surface area (Å²) < 4.78 is 7.25. The molecule has 31 heavy (non-hydrogen) atoms. The number of fused-ring (bicyclic) bond motifs is 4. The van der Waals surface area contributed by atoms with Gasteiger partial charge in [0.1, 0.15) is 5.75 Å². The number of nitrogens with one attached hydrogen (secondary N) is 1. The molecule has 0 spiro atoms. The number of hydrogen-bond acceptors (Lipinski definition) is 3. The Hall–Kier alpha value is -2.76. The average Bonchev–Trinajstić information content (AvgIpc) is 2.80. The number of amides is 2. The number of pyridine rings is 1. The second-order valence-corrected chi connectivity index (χ2v) is 9.30. The van der Waals surface area contributed by atoms with Crippen LogP contribution < -0.4 is 15.6 Å². The highest BCUT2D eigenvalue weighted by Gasteiger charge is 2.38. The van der Waals surface area contributed by atoms with Gasteiger partial charge in [-0.15, -0.1) is 0 Å². The number of likely N-dealkylation sites (tertiary alicyclic amines) is 1. The zero-order chi connectivity index (χ0) is 21.4. The highest BCUT2D eigenvalue weighted by Crippen LogP contribution is 2.40. The number of aromatic nitrogens is 1. The molecule has 1 saturated heterocycles. The van der Waals surface area contributed by atoms with E-state index < -0.39 is 0 Å². The molecule has 1 N–H and O–H groups in total. The number of urea groups is 1. The highest BCUT2D eigenvalue weighted by atomic mass is 16.5. The molecule has 2 aromatic rings. The molecule has 6 nitrogen and oxygen atoms in total. The van der Waals surface area contributed by atoms with Crippen molar-refractivity contribution in [2.75, 3.05) is 20.2 Å². The minimum absolute atomic E-state index is 0.0575.